The maximum Gasteiger partial charge on any atom is 0.256 e. The third kappa shape index (κ3) is 4.56. The normalized spacial score (nSPS) is 23.1. The van der Waals surface area contributed by atoms with Crippen molar-refractivity contribution in [3.05, 3.63) is 41.9 Å². The summed E-state index contributed by atoms with van der Waals surface area (Å²) in [7, 11) is 3.73. The molecule has 0 spiro atoms. The molecule has 11 heteroatoms. The molecule has 3 aromatic heterocycles. The van der Waals surface area contributed by atoms with Gasteiger partial charge in [0.25, 0.3) is 5.91 Å². The number of pyridine rings is 1. The van der Waals surface area contributed by atoms with Gasteiger partial charge in [-0.25, -0.2) is 9.97 Å². The van der Waals surface area contributed by atoms with Gasteiger partial charge in [-0.3, -0.25) is 9.69 Å². The summed E-state index contributed by atoms with van der Waals surface area (Å²) in [6.45, 7) is 2.59. The summed E-state index contributed by atoms with van der Waals surface area (Å²) >= 11 is 0. The van der Waals surface area contributed by atoms with Gasteiger partial charge in [-0.2, -0.15) is 4.98 Å². The molecule has 5 heterocycles. The molecule has 196 valence electrons. The van der Waals surface area contributed by atoms with Crippen molar-refractivity contribution in [1.29, 1.82) is 0 Å². The van der Waals surface area contributed by atoms with Crippen LogP contribution in [0.2, 0.25) is 0 Å². The van der Waals surface area contributed by atoms with Crippen molar-refractivity contribution in [2.24, 2.45) is 0 Å². The second-order valence-corrected chi connectivity index (χ2v) is 10.5. The first-order valence-corrected chi connectivity index (χ1v) is 13.1. The SMILES string of the molecule is CN(C)C(O)c1cc2cnc(Nc3ccc(C(=O)N4C5CNCC4COC5)cn3)nc2n1C1CCCC1. The minimum Gasteiger partial charge on any atom is -0.377 e. The van der Waals surface area contributed by atoms with Crippen LogP contribution in [0.25, 0.3) is 11.0 Å². The summed E-state index contributed by atoms with van der Waals surface area (Å²) in [6.07, 6.45) is 7.16. The standard InChI is InChI=1S/C26H34N8O3/c1-32(2)25(36)21-9-17-11-29-26(31-23(17)34(21)18-5-3-4-6-18)30-22-8-7-16(10-28-22)24(35)33-19-12-27-13-20(33)15-37-14-19/h7-11,18-20,25,27,36H,3-6,12-15H2,1-2H3,(H,28,29,30,31). The number of nitrogens with zero attached hydrogens (tertiary/aromatic N) is 6. The first kappa shape index (κ1) is 24.2. The number of anilines is 2. The molecular formula is C26H34N8O3. The van der Waals surface area contributed by atoms with Crippen LogP contribution in [0.15, 0.2) is 30.6 Å². The van der Waals surface area contributed by atoms with E-state index in [0.29, 0.717) is 36.6 Å². The van der Waals surface area contributed by atoms with Crippen LogP contribution < -0.4 is 10.6 Å². The van der Waals surface area contributed by atoms with Crippen LogP contribution in [0.4, 0.5) is 11.8 Å². The van der Waals surface area contributed by atoms with E-state index in [-0.39, 0.29) is 18.0 Å². The van der Waals surface area contributed by atoms with E-state index in [0.717, 1.165) is 42.7 Å². The Morgan fingerprint density at radius 1 is 1.14 bits per heavy atom. The van der Waals surface area contributed by atoms with E-state index in [1.165, 1.54) is 12.8 Å². The molecule has 3 atom stereocenters. The van der Waals surface area contributed by atoms with Crippen LogP contribution in [0, 0.1) is 0 Å². The predicted octanol–water partition coefficient (Wildman–Crippen LogP) is 2.05. The van der Waals surface area contributed by atoms with E-state index >= 15 is 0 Å². The second kappa shape index (κ2) is 9.97. The molecule has 3 aromatic rings. The number of rotatable bonds is 6. The van der Waals surface area contributed by atoms with Crippen molar-refractivity contribution in [1.82, 2.24) is 34.6 Å². The fourth-order valence-corrected chi connectivity index (χ4v) is 5.82. The maximum absolute atomic E-state index is 13.2. The van der Waals surface area contributed by atoms with Gasteiger partial charge in [-0.15, -0.1) is 0 Å². The van der Waals surface area contributed by atoms with Crippen molar-refractivity contribution < 1.29 is 14.6 Å². The lowest BCUT2D eigenvalue weighted by molar-refractivity contribution is -0.0491. The number of hydrogen-bond acceptors (Lipinski definition) is 9. The first-order valence-electron chi connectivity index (χ1n) is 13.1. The minimum atomic E-state index is -0.722. The number of aliphatic hydroxyl groups is 1. The third-order valence-corrected chi connectivity index (χ3v) is 7.70. The highest BCUT2D eigenvalue weighted by molar-refractivity contribution is 5.94. The van der Waals surface area contributed by atoms with Crippen molar-refractivity contribution in [3.8, 4) is 0 Å². The average Bonchev–Trinajstić information content (AvgIpc) is 3.55. The topological polar surface area (TPSA) is 121 Å². The van der Waals surface area contributed by atoms with Crippen LogP contribution in [-0.2, 0) is 4.74 Å². The molecular weight excluding hydrogens is 472 g/mol. The number of piperazine rings is 1. The molecule has 2 aliphatic heterocycles. The molecule has 0 radical (unpaired) electrons. The van der Waals surface area contributed by atoms with E-state index in [1.54, 1.807) is 29.4 Å². The van der Waals surface area contributed by atoms with Crippen molar-refractivity contribution in [2.75, 3.05) is 45.7 Å². The molecule has 3 N–H and O–H groups in total. The molecule has 3 unspecified atom stereocenters. The number of aliphatic hydroxyl groups excluding tert-OH is 1. The molecule has 6 rings (SSSR count). The number of morpholine rings is 1. The zero-order valence-corrected chi connectivity index (χ0v) is 21.3. The van der Waals surface area contributed by atoms with Crippen molar-refractivity contribution >= 4 is 28.7 Å². The zero-order chi connectivity index (χ0) is 25.5. The highest BCUT2D eigenvalue weighted by Gasteiger charge is 2.38. The number of ether oxygens (including phenoxy) is 1. The van der Waals surface area contributed by atoms with E-state index < -0.39 is 6.23 Å². The largest absolute Gasteiger partial charge is 0.377 e. The zero-order valence-electron chi connectivity index (χ0n) is 21.3. The lowest BCUT2D eigenvalue weighted by Gasteiger charge is -2.46. The van der Waals surface area contributed by atoms with E-state index in [2.05, 4.69) is 25.2 Å². The van der Waals surface area contributed by atoms with E-state index in [4.69, 9.17) is 9.72 Å². The van der Waals surface area contributed by atoms with Gasteiger partial charge in [0, 0.05) is 36.9 Å². The lowest BCUT2D eigenvalue weighted by Crippen LogP contribution is -2.65. The number of amides is 1. The Labute approximate surface area is 215 Å². The van der Waals surface area contributed by atoms with Gasteiger partial charge in [0.15, 0.2) is 0 Å². The van der Waals surface area contributed by atoms with E-state index in [9.17, 15) is 9.90 Å². The van der Waals surface area contributed by atoms with Crippen LogP contribution in [-0.4, -0.2) is 92.8 Å². The van der Waals surface area contributed by atoms with Gasteiger partial charge < -0.3 is 29.9 Å². The molecule has 3 fully saturated rings. The van der Waals surface area contributed by atoms with Crippen LogP contribution >= 0.6 is 0 Å². The fraction of sp³-hybridized carbons (Fsp3) is 0.538. The average molecular weight is 507 g/mol. The monoisotopic (exact) mass is 506 g/mol. The summed E-state index contributed by atoms with van der Waals surface area (Å²) in [5.41, 5.74) is 2.19. The number of carbonyl (C=O) groups is 1. The highest BCUT2D eigenvalue weighted by Crippen LogP contribution is 2.36. The lowest BCUT2D eigenvalue weighted by atomic mass is 10.0. The summed E-state index contributed by atoms with van der Waals surface area (Å²) in [5, 5.41) is 18.3. The fourth-order valence-electron chi connectivity index (χ4n) is 5.82. The van der Waals surface area contributed by atoms with Gasteiger partial charge in [0.05, 0.1) is 36.6 Å². The predicted molar refractivity (Wildman–Crippen MR) is 139 cm³/mol. The molecule has 2 saturated heterocycles. The summed E-state index contributed by atoms with van der Waals surface area (Å²) in [5.74, 6) is 0.973. The Hall–Kier alpha value is -3.12. The van der Waals surface area contributed by atoms with Gasteiger partial charge in [0.1, 0.15) is 17.7 Å². The van der Waals surface area contributed by atoms with Gasteiger partial charge >= 0.3 is 0 Å². The van der Waals surface area contributed by atoms with E-state index in [1.807, 2.05) is 25.1 Å². The Morgan fingerprint density at radius 2 is 1.89 bits per heavy atom. The number of fused-ring (bicyclic) bond motifs is 3. The summed E-state index contributed by atoms with van der Waals surface area (Å²) in [6, 6.07) is 5.96. The van der Waals surface area contributed by atoms with Gasteiger partial charge in [0.2, 0.25) is 5.95 Å². The first-order chi connectivity index (χ1) is 18.0. The molecule has 1 saturated carbocycles. The van der Waals surface area contributed by atoms with Crippen LogP contribution in [0.3, 0.4) is 0 Å². The van der Waals surface area contributed by atoms with Crippen LogP contribution in [0.5, 0.6) is 0 Å². The summed E-state index contributed by atoms with van der Waals surface area (Å²) < 4.78 is 7.83. The number of nitrogens with one attached hydrogen (secondary N) is 2. The second-order valence-electron chi connectivity index (χ2n) is 10.5. The molecule has 1 aliphatic carbocycles. The number of carbonyl (C=O) groups excluding carboxylic acids is 1. The Balaban J connectivity index is 1.24. The smallest absolute Gasteiger partial charge is 0.256 e. The van der Waals surface area contributed by atoms with Crippen LogP contribution in [0.1, 0.15) is 54.0 Å². The minimum absolute atomic E-state index is 0.0158. The van der Waals surface area contributed by atoms with Crippen molar-refractivity contribution in [3.63, 3.8) is 0 Å². The molecule has 3 aliphatic rings. The third-order valence-electron chi connectivity index (χ3n) is 7.70. The Morgan fingerprint density at radius 3 is 2.57 bits per heavy atom. The molecule has 2 bridgehead atoms. The number of aromatic nitrogens is 4. The quantitative estimate of drug-likeness (QED) is 0.431. The maximum atomic E-state index is 13.2. The Bertz CT molecular complexity index is 1250. The van der Waals surface area contributed by atoms with Crippen molar-refractivity contribution in [2.45, 2.75) is 50.0 Å². The molecule has 37 heavy (non-hydrogen) atoms. The number of hydrogen-bond donors (Lipinski definition) is 3. The molecule has 11 nitrogen and oxygen atoms in total. The van der Waals surface area contributed by atoms with Gasteiger partial charge in [-0.1, -0.05) is 12.8 Å². The molecule has 1 amide bonds. The molecule has 0 aromatic carbocycles. The van der Waals surface area contributed by atoms with Gasteiger partial charge in [-0.05, 0) is 45.1 Å². The summed E-state index contributed by atoms with van der Waals surface area (Å²) in [4.78, 5) is 30.8. The Kier molecular flexibility index (Phi) is 6.53. The highest BCUT2D eigenvalue weighted by atomic mass is 16.5.